The lowest BCUT2D eigenvalue weighted by Crippen LogP contribution is -2.02. The Balaban J connectivity index is 1.83. The predicted molar refractivity (Wildman–Crippen MR) is 186 cm³/mol. The lowest BCUT2D eigenvalue weighted by molar-refractivity contribution is 0.0707. The quantitative estimate of drug-likeness (QED) is 0.0479. The van der Waals surface area contributed by atoms with Gasteiger partial charge >= 0.3 is 0 Å². The molecule has 9 heteroatoms. The molecule has 0 N–H and O–H groups in total. The molecule has 5 nitrogen and oxygen atoms in total. The van der Waals surface area contributed by atoms with Gasteiger partial charge in [-0.25, -0.2) is 0 Å². The van der Waals surface area contributed by atoms with Crippen LogP contribution in [0.1, 0.15) is 129 Å². The molecule has 1 unspecified atom stereocenters. The first-order chi connectivity index (χ1) is 20.9. The molecule has 1 rings (SSSR count). The Bertz CT molecular complexity index is 842. The number of nitrogens with zero attached hydrogens (tertiary/aromatic N) is 1. The highest BCUT2D eigenvalue weighted by molar-refractivity contribution is 6.55. The largest absolute Gasteiger partial charge is 0.490 e. The van der Waals surface area contributed by atoms with Crippen molar-refractivity contribution in [2.45, 2.75) is 136 Å². The van der Waals surface area contributed by atoms with Gasteiger partial charge in [0.2, 0.25) is 0 Å². The molecule has 0 aliphatic carbocycles. The Morgan fingerprint density at radius 1 is 0.721 bits per heavy atom. The van der Waals surface area contributed by atoms with Gasteiger partial charge in [-0.05, 0) is 57.9 Å². The van der Waals surface area contributed by atoms with E-state index in [2.05, 4.69) is 19.0 Å². The molecule has 43 heavy (non-hydrogen) atoms. The maximum atomic E-state index is 6.31. The van der Waals surface area contributed by atoms with Crippen LogP contribution in [0.2, 0.25) is 10.0 Å². The minimum absolute atomic E-state index is 0.147. The van der Waals surface area contributed by atoms with Crippen LogP contribution < -0.4 is 9.47 Å². The van der Waals surface area contributed by atoms with Gasteiger partial charge in [0, 0.05) is 31.6 Å². The minimum atomic E-state index is 0.147. The molecule has 0 amide bonds. The molecular formula is C34H55Cl4NO4. The summed E-state index contributed by atoms with van der Waals surface area (Å²) in [5.74, 6) is 1.00. The summed E-state index contributed by atoms with van der Waals surface area (Å²) in [5, 5.41) is 4.86. The molecular weight excluding hydrogens is 628 g/mol. The molecule has 1 aromatic carbocycles. The van der Waals surface area contributed by atoms with E-state index in [1.165, 1.54) is 83.1 Å². The average Bonchev–Trinajstić information content (AvgIpc) is 2.97. The zero-order valence-corrected chi connectivity index (χ0v) is 29.6. The Hall–Kier alpha value is -0.850. The first kappa shape index (κ1) is 40.2. The topological polar surface area (TPSA) is 49.3 Å². The van der Waals surface area contributed by atoms with Gasteiger partial charge in [-0.15, -0.1) is 0 Å². The van der Waals surface area contributed by atoms with E-state index < -0.39 is 0 Å². The summed E-state index contributed by atoms with van der Waals surface area (Å²) < 4.78 is 17.3. The molecule has 0 aliphatic rings. The van der Waals surface area contributed by atoms with Crippen LogP contribution >= 0.6 is 46.4 Å². The van der Waals surface area contributed by atoms with E-state index in [1.54, 1.807) is 12.1 Å². The van der Waals surface area contributed by atoms with Crippen LogP contribution in [0, 0.1) is 0 Å². The third kappa shape index (κ3) is 24.1. The van der Waals surface area contributed by atoms with Gasteiger partial charge in [0.05, 0.1) is 16.7 Å². The number of oxime groups is 1. The van der Waals surface area contributed by atoms with Crippen LogP contribution in [0.4, 0.5) is 0 Å². The third-order valence-electron chi connectivity index (χ3n) is 7.15. The first-order valence-corrected chi connectivity index (χ1v) is 18.0. The summed E-state index contributed by atoms with van der Waals surface area (Å²) >= 11 is 23.8. The Morgan fingerprint density at radius 3 is 1.74 bits per heavy atom. The first-order valence-electron chi connectivity index (χ1n) is 16.4. The van der Waals surface area contributed by atoms with Gasteiger partial charge in [0.25, 0.3) is 0 Å². The van der Waals surface area contributed by atoms with Crippen molar-refractivity contribution >= 4 is 52.6 Å². The van der Waals surface area contributed by atoms with Crippen LogP contribution in [0.25, 0.3) is 0 Å². The third-order valence-corrected chi connectivity index (χ3v) is 8.02. The number of hydrogen-bond acceptors (Lipinski definition) is 5. The molecule has 0 saturated heterocycles. The highest BCUT2D eigenvalue weighted by Gasteiger charge is 2.10. The zero-order valence-electron chi connectivity index (χ0n) is 26.5. The van der Waals surface area contributed by atoms with Crippen molar-refractivity contribution < 1.29 is 19.0 Å². The zero-order chi connectivity index (χ0) is 31.4. The van der Waals surface area contributed by atoms with Crippen molar-refractivity contribution in [2.75, 3.05) is 26.4 Å². The van der Waals surface area contributed by atoms with E-state index in [4.69, 9.17) is 65.5 Å². The van der Waals surface area contributed by atoms with Crippen LogP contribution in [-0.2, 0) is 9.57 Å². The van der Waals surface area contributed by atoms with E-state index >= 15 is 0 Å². The second-order valence-corrected chi connectivity index (χ2v) is 12.9. The van der Waals surface area contributed by atoms with E-state index in [-0.39, 0.29) is 17.2 Å². The monoisotopic (exact) mass is 681 g/mol. The van der Waals surface area contributed by atoms with Gasteiger partial charge in [0.1, 0.15) is 23.0 Å². The van der Waals surface area contributed by atoms with Gasteiger partial charge in [0.15, 0.2) is 5.75 Å². The molecule has 0 bridgehead atoms. The summed E-state index contributed by atoms with van der Waals surface area (Å²) in [6.07, 6.45) is 26.0. The van der Waals surface area contributed by atoms with Gasteiger partial charge < -0.3 is 19.0 Å². The highest BCUT2D eigenvalue weighted by atomic mass is 35.5. The van der Waals surface area contributed by atoms with Crippen LogP contribution in [0.5, 0.6) is 11.5 Å². The van der Waals surface area contributed by atoms with Gasteiger partial charge in [-0.1, -0.05) is 129 Å². The fraction of sp³-hybridized carbons (Fsp3) is 0.735. The molecule has 0 fully saturated rings. The van der Waals surface area contributed by atoms with Crippen molar-refractivity contribution in [1.82, 2.24) is 0 Å². The normalized spacial score (nSPS) is 12.0. The molecule has 0 radical (unpaired) electrons. The highest BCUT2D eigenvalue weighted by Crippen LogP contribution is 2.37. The maximum absolute atomic E-state index is 6.31. The molecule has 1 aromatic rings. The number of halogens is 4. The Labute approximate surface area is 281 Å². The van der Waals surface area contributed by atoms with Gasteiger partial charge in [-0.2, -0.15) is 0 Å². The van der Waals surface area contributed by atoms with Crippen LogP contribution in [-0.4, -0.2) is 38.7 Å². The lowest BCUT2D eigenvalue weighted by atomic mass is 10.0. The molecule has 0 aromatic heterocycles. The molecule has 1 atom stereocenters. The van der Waals surface area contributed by atoms with Crippen molar-refractivity contribution in [3.05, 3.63) is 32.7 Å². The fourth-order valence-electron chi connectivity index (χ4n) is 4.38. The second-order valence-electron chi connectivity index (χ2n) is 11.0. The van der Waals surface area contributed by atoms with Crippen LogP contribution in [0.15, 0.2) is 27.9 Å². The lowest BCUT2D eigenvalue weighted by Gasteiger charge is -2.12. The number of rotatable bonds is 29. The smallest absolute Gasteiger partial charge is 0.156 e. The molecule has 0 aliphatic heterocycles. The molecule has 248 valence electrons. The summed E-state index contributed by atoms with van der Waals surface area (Å²) in [6, 6.07) is 3.34. The number of hydrogen-bond donors (Lipinski definition) is 0. The molecule has 0 heterocycles. The summed E-state index contributed by atoms with van der Waals surface area (Å²) in [6.45, 7) is 6.61. The summed E-state index contributed by atoms with van der Waals surface area (Å²) in [5.41, 5.74) is 0. The van der Waals surface area contributed by atoms with Crippen molar-refractivity contribution in [3.8, 4) is 11.5 Å². The van der Waals surface area contributed by atoms with Gasteiger partial charge in [-0.3, -0.25) is 0 Å². The minimum Gasteiger partial charge on any atom is -0.490 e. The van der Waals surface area contributed by atoms with E-state index in [1.807, 2.05) is 6.21 Å². The molecule has 0 spiro atoms. The van der Waals surface area contributed by atoms with Crippen molar-refractivity contribution in [2.24, 2.45) is 5.16 Å². The number of unbranched alkanes of at least 4 members (excludes halogenated alkanes) is 15. The SMILES string of the molecule is CCC(C)ON=CCCCCCCCCCCCCCCCOCCCCCOc1c(Cl)cc(OCC=C(Cl)Cl)cc1Cl. The number of benzene rings is 1. The summed E-state index contributed by atoms with van der Waals surface area (Å²) in [4.78, 5) is 5.31. The predicted octanol–water partition coefficient (Wildman–Crippen LogP) is 12.5. The average molecular weight is 684 g/mol. The van der Waals surface area contributed by atoms with Crippen LogP contribution in [0.3, 0.4) is 0 Å². The fourth-order valence-corrected chi connectivity index (χ4v) is 5.08. The molecule has 0 saturated carbocycles. The Morgan fingerprint density at radius 2 is 1.21 bits per heavy atom. The van der Waals surface area contributed by atoms with Crippen molar-refractivity contribution in [3.63, 3.8) is 0 Å². The van der Waals surface area contributed by atoms with E-state index in [0.29, 0.717) is 28.2 Å². The summed E-state index contributed by atoms with van der Waals surface area (Å²) in [7, 11) is 0. The number of ether oxygens (including phenoxy) is 3. The standard InChI is InChI=1S/C34H55Cl4NO4/c1-3-29(2)43-39-22-17-14-12-10-8-6-4-5-7-9-11-13-15-18-23-40-24-19-16-20-25-42-34-31(35)27-30(28-32(34)36)41-26-21-33(37)38/h21-22,27-29H,3-20,23-26H2,1-2H3. The van der Waals surface area contributed by atoms with E-state index in [9.17, 15) is 0 Å². The van der Waals surface area contributed by atoms with E-state index in [0.717, 1.165) is 51.7 Å². The second kappa shape index (κ2) is 28.6. The Kier molecular flexibility index (Phi) is 26.7. The van der Waals surface area contributed by atoms with Crippen molar-refractivity contribution in [1.29, 1.82) is 0 Å². The maximum Gasteiger partial charge on any atom is 0.156 e.